The molecule has 0 aliphatic rings. The third-order valence-corrected chi connectivity index (χ3v) is 3.12. The fraction of sp³-hybridized carbons (Fsp3) is 0.417. The summed E-state index contributed by atoms with van der Waals surface area (Å²) in [6.45, 7) is 3.11. The quantitative estimate of drug-likeness (QED) is 0.871. The highest BCUT2D eigenvalue weighted by Gasteiger charge is 2.11. The normalized spacial score (nSPS) is 12.0. The standard InChI is InChI=1S/C12H17BrN2O2/c1-8(6-14)7-15-12(16)10-5-9(17-2)3-4-11(10)13/h3-5,8H,6-7,14H2,1-2H3,(H,15,16). The highest BCUT2D eigenvalue weighted by Crippen LogP contribution is 2.22. The van der Waals surface area contributed by atoms with Crippen LogP contribution in [0.25, 0.3) is 0 Å². The Bertz CT molecular complexity index is 396. The summed E-state index contributed by atoms with van der Waals surface area (Å²) < 4.78 is 5.83. The van der Waals surface area contributed by atoms with E-state index in [1.54, 1.807) is 25.3 Å². The van der Waals surface area contributed by atoms with Crippen molar-refractivity contribution in [2.75, 3.05) is 20.2 Å². The van der Waals surface area contributed by atoms with Crippen LogP contribution in [0, 0.1) is 5.92 Å². The molecule has 1 atom stereocenters. The second kappa shape index (κ2) is 6.61. The highest BCUT2D eigenvalue weighted by atomic mass is 79.9. The van der Waals surface area contributed by atoms with Gasteiger partial charge in [0.15, 0.2) is 0 Å². The average molecular weight is 301 g/mol. The van der Waals surface area contributed by atoms with Crippen molar-refractivity contribution in [2.24, 2.45) is 11.7 Å². The molecule has 3 N–H and O–H groups in total. The van der Waals surface area contributed by atoms with Crippen LogP contribution in [0.5, 0.6) is 5.75 Å². The van der Waals surface area contributed by atoms with Crippen LogP contribution in [0.3, 0.4) is 0 Å². The van der Waals surface area contributed by atoms with Gasteiger partial charge in [-0.05, 0) is 46.6 Å². The number of hydrogen-bond acceptors (Lipinski definition) is 3. The number of hydrogen-bond donors (Lipinski definition) is 2. The van der Waals surface area contributed by atoms with Crippen LogP contribution >= 0.6 is 15.9 Å². The molecular formula is C12H17BrN2O2. The number of nitrogens with two attached hydrogens (primary N) is 1. The second-order valence-electron chi connectivity index (χ2n) is 3.90. The third kappa shape index (κ3) is 4.02. The zero-order chi connectivity index (χ0) is 12.8. The fourth-order valence-corrected chi connectivity index (χ4v) is 1.68. The Hall–Kier alpha value is -1.07. The molecule has 5 heteroatoms. The van der Waals surface area contributed by atoms with Crippen molar-refractivity contribution in [1.82, 2.24) is 5.32 Å². The first-order valence-corrected chi connectivity index (χ1v) is 6.19. The summed E-state index contributed by atoms with van der Waals surface area (Å²) in [6.07, 6.45) is 0. The van der Waals surface area contributed by atoms with Crippen molar-refractivity contribution in [1.29, 1.82) is 0 Å². The van der Waals surface area contributed by atoms with Gasteiger partial charge in [0.1, 0.15) is 5.75 Å². The molecule has 0 saturated heterocycles. The fourth-order valence-electron chi connectivity index (χ4n) is 1.25. The molecule has 4 nitrogen and oxygen atoms in total. The maximum atomic E-state index is 11.9. The first-order chi connectivity index (χ1) is 8.08. The van der Waals surface area contributed by atoms with E-state index >= 15 is 0 Å². The molecule has 0 radical (unpaired) electrons. The Morgan fingerprint density at radius 1 is 1.59 bits per heavy atom. The molecule has 1 amide bonds. The van der Waals surface area contributed by atoms with Gasteiger partial charge in [-0.15, -0.1) is 0 Å². The molecule has 0 spiro atoms. The molecule has 1 aromatic rings. The van der Waals surface area contributed by atoms with Gasteiger partial charge in [-0.3, -0.25) is 4.79 Å². The molecule has 0 aliphatic heterocycles. The molecule has 1 rings (SSSR count). The lowest BCUT2D eigenvalue weighted by atomic mass is 10.1. The molecule has 0 bridgehead atoms. The smallest absolute Gasteiger partial charge is 0.252 e. The summed E-state index contributed by atoms with van der Waals surface area (Å²) >= 11 is 3.34. The molecule has 0 saturated carbocycles. The Balaban J connectivity index is 2.74. The molecule has 0 aromatic heterocycles. The van der Waals surface area contributed by atoms with Gasteiger partial charge in [-0.2, -0.15) is 0 Å². The number of carbonyl (C=O) groups is 1. The molecule has 0 heterocycles. The van der Waals surface area contributed by atoms with E-state index in [9.17, 15) is 4.79 Å². The van der Waals surface area contributed by atoms with Crippen molar-refractivity contribution < 1.29 is 9.53 Å². The monoisotopic (exact) mass is 300 g/mol. The Labute approximate surface area is 110 Å². The summed E-state index contributed by atoms with van der Waals surface area (Å²) in [6, 6.07) is 5.29. The SMILES string of the molecule is COc1ccc(Br)c(C(=O)NCC(C)CN)c1. The van der Waals surface area contributed by atoms with Crippen molar-refractivity contribution >= 4 is 21.8 Å². The van der Waals surface area contributed by atoms with Gasteiger partial charge in [0.2, 0.25) is 0 Å². The molecule has 1 aromatic carbocycles. The van der Waals surface area contributed by atoms with Crippen LogP contribution in [0.15, 0.2) is 22.7 Å². The zero-order valence-corrected chi connectivity index (χ0v) is 11.6. The Kier molecular flexibility index (Phi) is 5.44. The lowest BCUT2D eigenvalue weighted by Crippen LogP contribution is -2.31. The average Bonchev–Trinajstić information content (AvgIpc) is 2.36. The van der Waals surface area contributed by atoms with Gasteiger partial charge in [-0.25, -0.2) is 0 Å². The summed E-state index contributed by atoms with van der Waals surface area (Å²) in [7, 11) is 1.57. The summed E-state index contributed by atoms with van der Waals surface area (Å²) in [5.74, 6) is 0.796. The van der Waals surface area contributed by atoms with Crippen LogP contribution in [0.1, 0.15) is 17.3 Å². The van der Waals surface area contributed by atoms with Gasteiger partial charge in [0, 0.05) is 11.0 Å². The summed E-state index contributed by atoms with van der Waals surface area (Å²) in [5, 5.41) is 2.84. The molecule has 1 unspecified atom stereocenters. The Morgan fingerprint density at radius 3 is 2.88 bits per heavy atom. The topological polar surface area (TPSA) is 64.3 Å². The summed E-state index contributed by atoms with van der Waals surface area (Å²) in [5.41, 5.74) is 6.06. The zero-order valence-electron chi connectivity index (χ0n) is 10.00. The van der Waals surface area contributed by atoms with Crippen molar-refractivity contribution in [3.8, 4) is 5.75 Å². The number of halogens is 1. The first kappa shape index (κ1) is 14.0. The van der Waals surface area contributed by atoms with E-state index in [1.165, 1.54) is 0 Å². The van der Waals surface area contributed by atoms with Crippen LogP contribution < -0.4 is 15.8 Å². The van der Waals surface area contributed by atoms with E-state index < -0.39 is 0 Å². The van der Waals surface area contributed by atoms with E-state index in [0.29, 0.717) is 24.4 Å². The van der Waals surface area contributed by atoms with E-state index in [2.05, 4.69) is 21.2 Å². The number of benzene rings is 1. The van der Waals surface area contributed by atoms with Gasteiger partial charge in [0.25, 0.3) is 5.91 Å². The largest absolute Gasteiger partial charge is 0.497 e. The number of rotatable bonds is 5. The molecule has 0 fully saturated rings. The minimum atomic E-state index is -0.129. The molecule has 0 aliphatic carbocycles. The van der Waals surface area contributed by atoms with E-state index in [4.69, 9.17) is 10.5 Å². The van der Waals surface area contributed by atoms with E-state index in [1.807, 2.05) is 6.92 Å². The third-order valence-electron chi connectivity index (χ3n) is 2.43. The first-order valence-electron chi connectivity index (χ1n) is 5.40. The Morgan fingerprint density at radius 2 is 2.29 bits per heavy atom. The number of amides is 1. The second-order valence-corrected chi connectivity index (χ2v) is 4.75. The lowest BCUT2D eigenvalue weighted by molar-refractivity contribution is 0.0947. The number of ether oxygens (including phenoxy) is 1. The lowest BCUT2D eigenvalue weighted by Gasteiger charge is -2.11. The predicted octanol–water partition coefficient (Wildman–Crippen LogP) is 1.78. The van der Waals surface area contributed by atoms with Crippen molar-refractivity contribution in [2.45, 2.75) is 6.92 Å². The maximum absolute atomic E-state index is 11.9. The van der Waals surface area contributed by atoms with Gasteiger partial charge in [0.05, 0.1) is 12.7 Å². The molecular weight excluding hydrogens is 284 g/mol. The number of carbonyl (C=O) groups excluding carboxylic acids is 1. The van der Waals surface area contributed by atoms with Crippen molar-refractivity contribution in [3.63, 3.8) is 0 Å². The van der Waals surface area contributed by atoms with Crippen LogP contribution in [0.2, 0.25) is 0 Å². The minimum absolute atomic E-state index is 0.129. The number of nitrogens with one attached hydrogen (secondary N) is 1. The summed E-state index contributed by atoms with van der Waals surface area (Å²) in [4.78, 5) is 11.9. The maximum Gasteiger partial charge on any atom is 0.252 e. The van der Waals surface area contributed by atoms with Gasteiger partial charge < -0.3 is 15.8 Å². The van der Waals surface area contributed by atoms with Gasteiger partial charge in [-0.1, -0.05) is 6.92 Å². The van der Waals surface area contributed by atoms with Crippen LogP contribution in [0.4, 0.5) is 0 Å². The number of methoxy groups -OCH3 is 1. The minimum Gasteiger partial charge on any atom is -0.497 e. The molecule has 17 heavy (non-hydrogen) atoms. The van der Waals surface area contributed by atoms with Crippen LogP contribution in [-0.4, -0.2) is 26.1 Å². The molecule has 94 valence electrons. The van der Waals surface area contributed by atoms with E-state index in [0.717, 1.165) is 4.47 Å². The predicted molar refractivity (Wildman–Crippen MR) is 71.2 cm³/mol. The highest BCUT2D eigenvalue weighted by molar-refractivity contribution is 9.10. The van der Waals surface area contributed by atoms with E-state index in [-0.39, 0.29) is 11.8 Å². The van der Waals surface area contributed by atoms with Crippen molar-refractivity contribution in [3.05, 3.63) is 28.2 Å². The van der Waals surface area contributed by atoms with Gasteiger partial charge >= 0.3 is 0 Å². The van der Waals surface area contributed by atoms with Crippen LogP contribution in [-0.2, 0) is 0 Å².